The van der Waals surface area contributed by atoms with Crippen LogP contribution in [0.5, 0.6) is 11.6 Å². The van der Waals surface area contributed by atoms with E-state index in [1.54, 1.807) is 0 Å². The highest BCUT2D eigenvalue weighted by Crippen LogP contribution is 2.31. The van der Waals surface area contributed by atoms with Crippen LogP contribution in [0.1, 0.15) is 50.3 Å². The largest absolute Gasteiger partial charge is 0.439 e. The molecular formula is C18H24N2O. The van der Waals surface area contributed by atoms with Crippen molar-refractivity contribution in [2.24, 2.45) is 0 Å². The number of benzene rings is 1. The summed E-state index contributed by atoms with van der Waals surface area (Å²) in [6, 6.07) is 12.5. The highest BCUT2D eigenvalue weighted by atomic mass is 16.5. The fourth-order valence-electron chi connectivity index (χ4n) is 2.19. The molecule has 1 aromatic carbocycles. The zero-order chi connectivity index (χ0) is 15.2. The van der Waals surface area contributed by atoms with Gasteiger partial charge in [-0.2, -0.15) is 0 Å². The molecule has 3 heteroatoms. The molecule has 2 atom stereocenters. The molecule has 0 bridgehead atoms. The van der Waals surface area contributed by atoms with Crippen molar-refractivity contribution in [3.8, 4) is 11.6 Å². The fourth-order valence-corrected chi connectivity index (χ4v) is 2.19. The van der Waals surface area contributed by atoms with E-state index < -0.39 is 0 Å². The first-order chi connectivity index (χ1) is 10.2. The van der Waals surface area contributed by atoms with Gasteiger partial charge in [-0.3, -0.25) is 0 Å². The van der Waals surface area contributed by atoms with Crippen LogP contribution in [0.25, 0.3) is 0 Å². The van der Waals surface area contributed by atoms with Gasteiger partial charge in [-0.1, -0.05) is 38.1 Å². The van der Waals surface area contributed by atoms with E-state index in [2.05, 4.69) is 49.3 Å². The quantitative estimate of drug-likeness (QED) is 0.837. The van der Waals surface area contributed by atoms with Crippen molar-refractivity contribution in [3.05, 3.63) is 53.7 Å². The predicted octanol–water partition coefficient (Wildman–Crippen LogP) is 4.67. The Balaban J connectivity index is 2.19. The first-order valence-corrected chi connectivity index (χ1v) is 7.55. The normalized spacial score (nSPS) is 13.7. The summed E-state index contributed by atoms with van der Waals surface area (Å²) in [7, 11) is 1.94. The molecule has 1 aromatic heterocycles. The zero-order valence-corrected chi connectivity index (χ0v) is 13.3. The molecule has 0 radical (unpaired) electrons. The number of pyridine rings is 1. The molecule has 0 fully saturated rings. The van der Waals surface area contributed by atoms with Crippen LogP contribution in [0.2, 0.25) is 0 Å². The first-order valence-electron chi connectivity index (χ1n) is 7.55. The van der Waals surface area contributed by atoms with Gasteiger partial charge < -0.3 is 10.1 Å². The summed E-state index contributed by atoms with van der Waals surface area (Å²) in [5.41, 5.74) is 2.38. The van der Waals surface area contributed by atoms with Gasteiger partial charge >= 0.3 is 0 Å². The Morgan fingerprint density at radius 1 is 1.14 bits per heavy atom. The van der Waals surface area contributed by atoms with Gasteiger partial charge in [-0.25, -0.2) is 4.98 Å². The van der Waals surface area contributed by atoms with Crippen molar-refractivity contribution in [1.29, 1.82) is 0 Å². The van der Waals surface area contributed by atoms with Crippen molar-refractivity contribution >= 4 is 0 Å². The molecule has 1 N–H and O–H groups in total. The second-order valence-corrected chi connectivity index (χ2v) is 5.39. The topological polar surface area (TPSA) is 34.1 Å². The van der Waals surface area contributed by atoms with Gasteiger partial charge in [0.05, 0.1) is 0 Å². The Labute approximate surface area is 127 Å². The average molecular weight is 284 g/mol. The van der Waals surface area contributed by atoms with Crippen LogP contribution in [0, 0.1) is 0 Å². The first kappa shape index (κ1) is 15.5. The van der Waals surface area contributed by atoms with Gasteiger partial charge in [0.2, 0.25) is 5.88 Å². The number of hydrogen-bond acceptors (Lipinski definition) is 3. The molecule has 2 unspecified atom stereocenters. The summed E-state index contributed by atoms with van der Waals surface area (Å²) < 4.78 is 5.97. The Morgan fingerprint density at radius 3 is 2.52 bits per heavy atom. The molecule has 2 rings (SSSR count). The smallest absolute Gasteiger partial charge is 0.219 e. The molecule has 3 nitrogen and oxygen atoms in total. The monoisotopic (exact) mass is 284 g/mol. The van der Waals surface area contributed by atoms with E-state index in [1.807, 2.05) is 31.4 Å². The summed E-state index contributed by atoms with van der Waals surface area (Å²) in [5.74, 6) is 2.01. The number of aromatic nitrogens is 1. The molecule has 0 saturated carbocycles. The minimum atomic E-state index is 0.291. The Bertz CT molecular complexity index is 566. The van der Waals surface area contributed by atoms with Crippen LogP contribution >= 0.6 is 0 Å². The van der Waals surface area contributed by atoms with Crippen LogP contribution in [0.3, 0.4) is 0 Å². The molecule has 1 heterocycles. The van der Waals surface area contributed by atoms with E-state index in [0.717, 1.165) is 17.7 Å². The molecule has 0 spiro atoms. The van der Waals surface area contributed by atoms with E-state index in [0.29, 0.717) is 17.8 Å². The number of rotatable bonds is 6. The van der Waals surface area contributed by atoms with Gasteiger partial charge in [0.25, 0.3) is 0 Å². The Hall–Kier alpha value is -1.87. The zero-order valence-electron chi connectivity index (χ0n) is 13.3. The fraction of sp³-hybridized carbons (Fsp3) is 0.389. The minimum absolute atomic E-state index is 0.291. The van der Waals surface area contributed by atoms with Gasteiger partial charge in [0.15, 0.2) is 0 Å². The number of nitrogens with one attached hydrogen (secondary N) is 1. The van der Waals surface area contributed by atoms with Gasteiger partial charge in [-0.15, -0.1) is 0 Å². The lowest BCUT2D eigenvalue weighted by Crippen LogP contribution is -2.12. The number of para-hydroxylation sites is 1. The molecule has 0 amide bonds. The van der Waals surface area contributed by atoms with Crippen molar-refractivity contribution < 1.29 is 4.74 Å². The van der Waals surface area contributed by atoms with Gasteiger partial charge in [0, 0.05) is 18.3 Å². The second-order valence-electron chi connectivity index (χ2n) is 5.39. The lowest BCUT2D eigenvalue weighted by molar-refractivity contribution is 0.451. The van der Waals surface area contributed by atoms with Crippen molar-refractivity contribution in [1.82, 2.24) is 10.3 Å². The Morgan fingerprint density at radius 2 is 1.90 bits per heavy atom. The molecule has 0 aliphatic heterocycles. The van der Waals surface area contributed by atoms with E-state index >= 15 is 0 Å². The van der Waals surface area contributed by atoms with Crippen LogP contribution in [-0.2, 0) is 0 Å². The van der Waals surface area contributed by atoms with E-state index in [9.17, 15) is 0 Å². The van der Waals surface area contributed by atoms with Crippen molar-refractivity contribution in [3.63, 3.8) is 0 Å². The maximum absolute atomic E-state index is 5.97. The lowest BCUT2D eigenvalue weighted by atomic mass is 9.98. The summed E-state index contributed by atoms with van der Waals surface area (Å²) in [4.78, 5) is 4.41. The lowest BCUT2D eigenvalue weighted by Gasteiger charge is -2.15. The molecule has 0 saturated heterocycles. The molecule has 0 aliphatic rings. The standard InChI is InChI=1S/C18H24N2O/c1-5-13(2)16-8-6-7-9-17(16)21-18-11-10-15(12-20-18)14(3)19-4/h6-14,19H,5H2,1-4H3. The van der Waals surface area contributed by atoms with Crippen LogP contribution in [0.15, 0.2) is 42.6 Å². The molecule has 21 heavy (non-hydrogen) atoms. The maximum atomic E-state index is 5.97. The second kappa shape index (κ2) is 7.23. The molecule has 2 aromatic rings. The van der Waals surface area contributed by atoms with E-state index in [1.165, 1.54) is 5.56 Å². The van der Waals surface area contributed by atoms with Gasteiger partial charge in [-0.05, 0) is 43.5 Å². The summed E-state index contributed by atoms with van der Waals surface area (Å²) in [6.07, 6.45) is 2.95. The van der Waals surface area contributed by atoms with Crippen LogP contribution < -0.4 is 10.1 Å². The summed E-state index contributed by atoms with van der Waals surface area (Å²) >= 11 is 0. The third kappa shape index (κ3) is 3.82. The minimum Gasteiger partial charge on any atom is -0.439 e. The molecular weight excluding hydrogens is 260 g/mol. The van der Waals surface area contributed by atoms with Crippen molar-refractivity contribution in [2.75, 3.05) is 7.05 Å². The average Bonchev–Trinajstić information content (AvgIpc) is 2.54. The van der Waals surface area contributed by atoms with Crippen LogP contribution in [0.4, 0.5) is 0 Å². The highest BCUT2D eigenvalue weighted by molar-refractivity contribution is 5.38. The number of nitrogens with zero attached hydrogens (tertiary/aromatic N) is 1. The summed E-state index contributed by atoms with van der Waals surface area (Å²) in [6.45, 7) is 6.51. The number of ether oxygens (including phenoxy) is 1. The highest BCUT2D eigenvalue weighted by Gasteiger charge is 2.11. The van der Waals surface area contributed by atoms with Gasteiger partial charge in [0.1, 0.15) is 5.75 Å². The van der Waals surface area contributed by atoms with E-state index in [4.69, 9.17) is 4.74 Å². The third-order valence-electron chi connectivity index (χ3n) is 3.97. The van der Waals surface area contributed by atoms with Crippen molar-refractivity contribution in [2.45, 2.75) is 39.2 Å². The summed E-state index contributed by atoms with van der Waals surface area (Å²) in [5, 5.41) is 3.20. The predicted molar refractivity (Wildman–Crippen MR) is 86.9 cm³/mol. The Kier molecular flexibility index (Phi) is 5.34. The molecule has 112 valence electrons. The maximum Gasteiger partial charge on any atom is 0.219 e. The SMILES string of the molecule is CCC(C)c1ccccc1Oc1ccc(C(C)NC)cn1. The van der Waals surface area contributed by atoms with Crippen LogP contribution in [-0.4, -0.2) is 12.0 Å². The number of hydrogen-bond donors (Lipinski definition) is 1. The third-order valence-corrected chi connectivity index (χ3v) is 3.97. The van der Waals surface area contributed by atoms with E-state index in [-0.39, 0.29) is 0 Å². The molecule has 0 aliphatic carbocycles.